The molecule has 2 rings (SSSR count). The van der Waals surface area contributed by atoms with Gasteiger partial charge in [-0.15, -0.1) is 0 Å². The maximum atomic E-state index is 12.4. The summed E-state index contributed by atoms with van der Waals surface area (Å²) in [5.74, 6) is 0.719. The summed E-state index contributed by atoms with van der Waals surface area (Å²) >= 11 is 5.94. The van der Waals surface area contributed by atoms with E-state index < -0.39 is 0 Å². The first-order valence-electron chi connectivity index (χ1n) is 6.84. The first-order chi connectivity index (χ1) is 9.06. The van der Waals surface area contributed by atoms with E-state index in [4.69, 9.17) is 11.6 Å². The molecule has 1 amide bonds. The fourth-order valence-electron chi connectivity index (χ4n) is 2.54. The van der Waals surface area contributed by atoms with E-state index in [1.165, 1.54) is 0 Å². The largest absolute Gasteiger partial charge is 0.336 e. The molecule has 1 aromatic rings. The molecular formula is C15H21ClN2O. The monoisotopic (exact) mass is 280 g/mol. The summed E-state index contributed by atoms with van der Waals surface area (Å²) in [6.07, 6.45) is 1.10. The second-order valence-electron chi connectivity index (χ2n) is 5.54. The third-order valence-electron chi connectivity index (χ3n) is 3.37. The van der Waals surface area contributed by atoms with Gasteiger partial charge in [0, 0.05) is 36.3 Å². The van der Waals surface area contributed by atoms with Crippen molar-refractivity contribution < 1.29 is 4.79 Å². The minimum absolute atomic E-state index is 0.0813. The van der Waals surface area contributed by atoms with Gasteiger partial charge in [-0.1, -0.05) is 31.5 Å². The first-order valence-corrected chi connectivity index (χ1v) is 7.22. The molecule has 1 aromatic carbocycles. The molecule has 3 nitrogen and oxygen atoms in total. The lowest BCUT2D eigenvalue weighted by Crippen LogP contribution is -2.52. The summed E-state index contributed by atoms with van der Waals surface area (Å²) in [5, 5.41) is 4.09. The van der Waals surface area contributed by atoms with Crippen LogP contribution >= 0.6 is 11.6 Å². The number of carbonyl (C=O) groups excluding carboxylic acids is 1. The van der Waals surface area contributed by atoms with Gasteiger partial charge < -0.3 is 10.2 Å². The summed E-state index contributed by atoms with van der Waals surface area (Å²) in [5.41, 5.74) is 0.678. The zero-order chi connectivity index (χ0) is 13.8. The molecule has 1 saturated heterocycles. The van der Waals surface area contributed by atoms with Crippen molar-refractivity contribution in [1.29, 1.82) is 0 Å². The summed E-state index contributed by atoms with van der Waals surface area (Å²) in [6, 6.07) is 7.58. The second kappa shape index (κ2) is 6.40. The molecule has 0 aromatic heterocycles. The quantitative estimate of drug-likeness (QED) is 0.923. The van der Waals surface area contributed by atoms with Gasteiger partial charge in [0.1, 0.15) is 0 Å². The summed E-state index contributed by atoms with van der Waals surface area (Å²) < 4.78 is 0. The highest BCUT2D eigenvalue weighted by atomic mass is 35.5. The number of amides is 1. The lowest BCUT2D eigenvalue weighted by molar-refractivity contribution is 0.0694. The molecule has 1 aliphatic heterocycles. The Hall–Kier alpha value is -1.06. The number of benzene rings is 1. The van der Waals surface area contributed by atoms with Gasteiger partial charge in [-0.05, 0) is 30.5 Å². The topological polar surface area (TPSA) is 32.3 Å². The van der Waals surface area contributed by atoms with E-state index in [1.807, 2.05) is 17.0 Å². The molecule has 0 saturated carbocycles. The summed E-state index contributed by atoms with van der Waals surface area (Å²) in [4.78, 5) is 14.3. The number of rotatable bonds is 3. The highest BCUT2D eigenvalue weighted by Crippen LogP contribution is 2.15. The second-order valence-corrected chi connectivity index (χ2v) is 5.98. The molecule has 19 heavy (non-hydrogen) atoms. The molecule has 4 heteroatoms. The van der Waals surface area contributed by atoms with Crippen molar-refractivity contribution in [3.8, 4) is 0 Å². The predicted octanol–water partition coefficient (Wildman–Crippen LogP) is 2.80. The van der Waals surface area contributed by atoms with Crippen LogP contribution in [0.5, 0.6) is 0 Å². The predicted molar refractivity (Wildman–Crippen MR) is 78.6 cm³/mol. The number of halogens is 1. The van der Waals surface area contributed by atoms with E-state index in [0.717, 1.165) is 26.1 Å². The van der Waals surface area contributed by atoms with Crippen molar-refractivity contribution in [1.82, 2.24) is 10.2 Å². The molecule has 0 bridgehead atoms. The molecule has 1 aliphatic rings. The van der Waals surface area contributed by atoms with Gasteiger partial charge in [0.05, 0.1) is 0 Å². The third-order valence-corrected chi connectivity index (χ3v) is 3.61. The van der Waals surface area contributed by atoms with Gasteiger partial charge in [0.15, 0.2) is 0 Å². The first kappa shape index (κ1) is 14.4. The third kappa shape index (κ3) is 3.95. The van der Waals surface area contributed by atoms with Crippen LogP contribution < -0.4 is 5.32 Å². The summed E-state index contributed by atoms with van der Waals surface area (Å²) in [6.45, 7) is 6.83. The number of hydrogen-bond donors (Lipinski definition) is 1. The highest BCUT2D eigenvalue weighted by molar-refractivity contribution is 6.30. The molecule has 104 valence electrons. The number of carbonyl (C=O) groups is 1. The van der Waals surface area contributed by atoms with Crippen LogP contribution in [0.1, 0.15) is 30.6 Å². The van der Waals surface area contributed by atoms with Gasteiger partial charge in [-0.25, -0.2) is 0 Å². The smallest absolute Gasteiger partial charge is 0.254 e. The molecular weight excluding hydrogens is 260 g/mol. The highest BCUT2D eigenvalue weighted by Gasteiger charge is 2.24. The minimum Gasteiger partial charge on any atom is -0.336 e. The fraction of sp³-hybridized carbons (Fsp3) is 0.533. The Kier molecular flexibility index (Phi) is 4.83. The number of hydrogen-bond acceptors (Lipinski definition) is 2. The fourth-order valence-corrected chi connectivity index (χ4v) is 2.73. The van der Waals surface area contributed by atoms with Gasteiger partial charge in [0.25, 0.3) is 5.91 Å². The Morgan fingerprint density at radius 1 is 1.53 bits per heavy atom. The molecule has 1 fully saturated rings. The van der Waals surface area contributed by atoms with Gasteiger partial charge in [-0.2, -0.15) is 0 Å². The molecule has 1 N–H and O–H groups in total. The Morgan fingerprint density at radius 2 is 2.32 bits per heavy atom. The van der Waals surface area contributed by atoms with Crippen LogP contribution in [-0.4, -0.2) is 36.5 Å². The average Bonchev–Trinajstić information content (AvgIpc) is 2.37. The van der Waals surface area contributed by atoms with Crippen molar-refractivity contribution in [2.75, 3.05) is 19.6 Å². The van der Waals surface area contributed by atoms with E-state index in [9.17, 15) is 4.79 Å². The maximum absolute atomic E-state index is 12.4. The van der Waals surface area contributed by atoms with Crippen LogP contribution in [0.2, 0.25) is 5.02 Å². The molecule has 0 spiro atoms. The lowest BCUT2D eigenvalue weighted by Gasteiger charge is -2.34. The van der Waals surface area contributed by atoms with Gasteiger partial charge >= 0.3 is 0 Å². The molecule has 0 aliphatic carbocycles. The van der Waals surface area contributed by atoms with Crippen molar-refractivity contribution in [2.45, 2.75) is 26.3 Å². The van der Waals surface area contributed by atoms with Crippen molar-refractivity contribution in [3.63, 3.8) is 0 Å². The van der Waals surface area contributed by atoms with Crippen LogP contribution in [0.25, 0.3) is 0 Å². The average molecular weight is 281 g/mol. The van der Waals surface area contributed by atoms with Crippen LogP contribution in [0.15, 0.2) is 24.3 Å². The Balaban J connectivity index is 2.03. The Bertz CT molecular complexity index is 448. The van der Waals surface area contributed by atoms with Gasteiger partial charge in [0.2, 0.25) is 0 Å². The van der Waals surface area contributed by atoms with E-state index in [0.29, 0.717) is 22.5 Å². The summed E-state index contributed by atoms with van der Waals surface area (Å²) in [7, 11) is 0. The minimum atomic E-state index is 0.0813. The number of piperazine rings is 1. The molecule has 1 heterocycles. The van der Waals surface area contributed by atoms with Crippen LogP contribution in [0.4, 0.5) is 0 Å². The SMILES string of the molecule is CC(C)CC1CN(C(=O)c2cccc(Cl)c2)CCN1. The van der Waals surface area contributed by atoms with Crippen molar-refractivity contribution in [2.24, 2.45) is 5.92 Å². The Morgan fingerprint density at radius 3 is 3.00 bits per heavy atom. The van der Waals surface area contributed by atoms with Crippen molar-refractivity contribution in [3.05, 3.63) is 34.9 Å². The Labute approximate surface area is 119 Å². The molecule has 0 radical (unpaired) electrons. The van der Waals surface area contributed by atoms with Crippen LogP contribution in [-0.2, 0) is 0 Å². The zero-order valence-electron chi connectivity index (χ0n) is 11.5. The van der Waals surface area contributed by atoms with E-state index in [2.05, 4.69) is 19.2 Å². The maximum Gasteiger partial charge on any atom is 0.254 e. The van der Waals surface area contributed by atoms with E-state index in [1.54, 1.807) is 12.1 Å². The zero-order valence-corrected chi connectivity index (χ0v) is 12.3. The normalized spacial score (nSPS) is 19.8. The molecule has 1 atom stereocenters. The van der Waals surface area contributed by atoms with Crippen LogP contribution in [0.3, 0.4) is 0 Å². The number of nitrogens with one attached hydrogen (secondary N) is 1. The van der Waals surface area contributed by atoms with E-state index in [-0.39, 0.29) is 5.91 Å². The van der Waals surface area contributed by atoms with Crippen molar-refractivity contribution >= 4 is 17.5 Å². The lowest BCUT2D eigenvalue weighted by atomic mass is 10.0. The van der Waals surface area contributed by atoms with E-state index >= 15 is 0 Å². The molecule has 1 unspecified atom stereocenters. The van der Waals surface area contributed by atoms with Crippen LogP contribution in [0, 0.1) is 5.92 Å². The standard InChI is InChI=1S/C15H21ClN2O/c1-11(2)8-14-10-18(7-6-17-14)15(19)12-4-3-5-13(16)9-12/h3-5,9,11,14,17H,6-8,10H2,1-2H3. The number of nitrogens with zero attached hydrogens (tertiary/aromatic N) is 1. The van der Waals surface area contributed by atoms with Gasteiger partial charge in [-0.3, -0.25) is 4.79 Å².